The highest BCUT2D eigenvalue weighted by molar-refractivity contribution is 5.93. The lowest BCUT2D eigenvalue weighted by molar-refractivity contribution is -0.134. The number of benzene rings is 1. The van der Waals surface area contributed by atoms with Crippen molar-refractivity contribution in [2.24, 2.45) is 11.3 Å². The Hall–Kier alpha value is -3.46. The molecule has 2 aliphatic heterocycles. The zero-order valence-corrected chi connectivity index (χ0v) is 23.0. The van der Waals surface area contributed by atoms with Crippen molar-refractivity contribution in [2.75, 3.05) is 42.9 Å². The van der Waals surface area contributed by atoms with Crippen LogP contribution in [-0.4, -0.2) is 64.4 Å². The lowest BCUT2D eigenvalue weighted by atomic mass is 9.42. The van der Waals surface area contributed by atoms with Gasteiger partial charge in [-0.3, -0.25) is 14.6 Å². The number of piperazine rings is 1. The second-order valence-corrected chi connectivity index (χ2v) is 11.7. The summed E-state index contributed by atoms with van der Waals surface area (Å²) < 4.78 is 0. The molecule has 1 aromatic carbocycles. The van der Waals surface area contributed by atoms with Gasteiger partial charge >= 0.3 is 6.03 Å². The second-order valence-electron chi connectivity index (χ2n) is 11.7. The van der Waals surface area contributed by atoms with Crippen LogP contribution >= 0.6 is 0 Å². The maximum absolute atomic E-state index is 12.2. The number of amides is 3. The Morgan fingerprint density at radius 3 is 2.49 bits per heavy atom. The minimum atomic E-state index is -0.125. The van der Waals surface area contributed by atoms with E-state index in [-0.39, 0.29) is 18.0 Å². The quantitative estimate of drug-likeness (QED) is 0.472. The molecule has 2 atom stereocenters. The number of aromatic nitrogens is 2. The number of anilines is 2. The number of hydrogen-bond acceptors (Lipinski definition) is 6. The van der Waals surface area contributed by atoms with Crippen LogP contribution in [0, 0.1) is 11.3 Å². The van der Waals surface area contributed by atoms with Crippen molar-refractivity contribution in [1.29, 1.82) is 0 Å². The molecule has 2 aromatic rings. The first kappa shape index (κ1) is 25.8. The average molecular weight is 530 g/mol. The molecule has 3 aliphatic carbocycles. The van der Waals surface area contributed by atoms with Crippen molar-refractivity contribution in [2.45, 2.75) is 58.2 Å². The van der Waals surface area contributed by atoms with Crippen molar-refractivity contribution < 1.29 is 9.59 Å². The predicted molar refractivity (Wildman–Crippen MR) is 151 cm³/mol. The summed E-state index contributed by atoms with van der Waals surface area (Å²) in [5, 5.41) is 6.29. The summed E-state index contributed by atoms with van der Waals surface area (Å²) >= 11 is 0. The van der Waals surface area contributed by atoms with Gasteiger partial charge in [-0.1, -0.05) is 30.8 Å². The number of carbonyl (C=O) groups is 2. The van der Waals surface area contributed by atoms with Crippen molar-refractivity contribution in [1.82, 2.24) is 25.1 Å². The second kappa shape index (κ2) is 10.3. The van der Waals surface area contributed by atoms with E-state index in [1.807, 2.05) is 11.8 Å². The van der Waals surface area contributed by atoms with Gasteiger partial charge in [0.2, 0.25) is 11.9 Å². The summed E-state index contributed by atoms with van der Waals surface area (Å²) in [4.78, 5) is 39.6. The van der Waals surface area contributed by atoms with Crippen LogP contribution < -0.4 is 15.5 Å². The molecule has 206 valence electrons. The van der Waals surface area contributed by atoms with Gasteiger partial charge in [0.05, 0.1) is 6.04 Å². The molecule has 3 heterocycles. The first-order valence-corrected chi connectivity index (χ1v) is 14.3. The normalized spacial score (nSPS) is 25.5. The lowest BCUT2D eigenvalue weighted by Gasteiger charge is -2.64. The van der Waals surface area contributed by atoms with Crippen molar-refractivity contribution >= 4 is 23.7 Å². The van der Waals surface area contributed by atoms with Crippen LogP contribution in [0.1, 0.15) is 68.3 Å². The van der Waals surface area contributed by atoms with E-state index in [9.17, 15) is 9.59 Å². The monoisotopic (exact) mass is 529 g/mol. The van der Waals surface area contributed by atoms with Gasteiger partial charge in [-0.05, 0) is 68.1 Å². The van der Waals surface area contributed by atoms with Crippen LogP contribution in [0.3, 0.4) is 0 Å². The largest absolute Gasteiger partial charge is 0.348 e. The molecule has 1 saturated heterocycles. The fraction of sp³-hybridized carbons (Fsp3) is 0.533. The van der Waals surface area contributed by atoms with Gasteiger partial charge in [-0.2, -0.15) is 4.98 Å². The van der Waals surface area contributed by atoms with Crippen LogP contribution in [0.15, 0.2) is 43.1 Å². The summed E-state index contributed by atoms with van der Waals surface area (Å²) in [5.41, 5.74) is 3.97. The fourth-order valence-corrected chi connectivity index (χ4v) is 6.92. The number of rotatable bonds is 9. The smallest absolute Gasteiger partial charge is 0.323 e. The highest BCUT2D eigenvalue weighted by Gasteiger charge is 2.57. The van der Waals surface area contributed by atoms with Crippen LogP contribution in [0.4, 0.5) is 16.6 Å². The van der Waals surface area contributed by atoms with Gasteiger partial charge in [0.25, 0.3) is 0 Å². The maximum Gasteiger partial charge on any atom is 0.323 e. The van der Waals surface area contributed by atoms with E-state index >= 15 is 0 Å². The number of hydrogen-bond donors (Lipinski definition) is 2. The first-order valence-electron chi connectivity index (χ1n) is 14.3. The molecule has 9 nitrogen and oxygen atoms in total. The van der Waals surface area contributed by atoms with Crippen molar-refractivity contribution in [3.05, 3.63) is 59.8 Å². The predicted octanol–water partition coefficient (Wildman–Crippen LogP) is 4.26. The zero-order chi connectivity index (χ0) is 27.1. The summed E-state index contributed by atoms with van der Waals surface area (Å²) in [6.07, 6.45) is 8.58. The van der Waals surface area contributed by atoms with E-state index in [1.165, 1.54) is 37.3 Å². The summed E-state index contributed by atoms with van der Waals surface area (Å²) in [6.45, 7) is 12.0. The number of carbonyl (C=O) groups excluding carboxylic acids is 2. The minimum absolute atomic E-state index is 0.00844. The molecule has 2 bridgehead atoms. The third-order valence-electron chi connectivity index (χ3n) is 9.29. The van der Waals surface area contributed by atoms with Crippen molar-refractivity contribution in [3.63, 3.8) is 0 Å². The van der Waals surface area contributed by atoms with Gasteiger partial charge in [-0.25, -0.2) is 9.78 Å². The Balaban J connectivity index is 1.15. The van der Waals surface area contributed by atoms with E-state index in [0.29, 0.717) is 36.3 Å². The van der Waals surface area contributed by atoms with Gasteiger partial charge < -0.3 is 15.5 Å². The van der Waals surface area contributed by atoms with Gasteiger partial charge in [0.15, 0.2) is 0 Å². The molecule has 0 radical (unpaired) electrons. The highest BCUT2D eigenvalue weighted by atomic mass is 16.2. The van der Waals surface area contributed by atoms with Crippen LogP contribution in [0.5, 0.6) is 0 Å². The van der Waals surface area contributed by atoms with Crippen molar-refractivity contribution in [3.8, 4) is 0 Å². The summed E-state index contributed by atoms with van der Waals surface area (Å²) in [5.74, 6) is 2.19. The van der Waals surface area contributed by atoms with Crippen LogP contribution in [0.25, 0.3) is 0 Å². The van der Waals surface area contributed by atoms with Crippen LogP contribution in [0.2, 0.25) is 0 Å². The first-order chi connectivity index (χ1) is 18.9. The summed E-state index contributed by atoms with van der Waals surface area (Å²) in [7, 11) is 0. The molecule has 5 aliphatic rings. The Bertz CT molecular complexity index is 1240. The molecular weight excluding hydrogens is 490 g/mol. The number of urea groups is 1. The van der Waals surface area contributed by atoms with Gasteiger partial charge in [0.1, 0.15) is 5.82 Å². The molecular formula is C30H39N7O2. The molecule has 9 heteroatoms. The highest BCUT2D eigenvalue weighted by Crippen LogP contribution is 2.68. The molecule has 1 aromatic heterocycles. The molecule has 3 amide bonds. The maximum atomic E-state index is 12.2. The Kier molecular flexibility index (Phi) is 6.79. The number of nitrogens with zero attached hydrogens (tertiary/aromatic N) is 5. The van der Waals surface area contributed by atoms with E-state index < -0.39 is 0 Å². The average Bonchev–Trinajstić information content (AvgIpc) is 2.91. The third-order valence-corrected chi connectivity index (χ3v) is 9.29. The Morgan fingerprint density at radius 2 is 1.87 bits per heavy atom. The molecule has 0 unspecified atom stereocenters. The topological polar surface area (TPSA) is 93.7 Å². The van der Waals surface area contributed by atoms with E-state index in [1.54, 1.807) is 11.1 Å². The molecule has 0 spiro atoms. The molecule has 4 fully saturated rings. The number of nitrogens with one attached hydrogen (secondary N) is 2. The standard InChI is InChI=1S/C30H39N7O2/c1-4-26(38)36-12-10-35(11-13-36)25(17-30-14-21(15-30)16-30)23-8-6-22(7-9-23)20(3)33-28-31-18-24-19-32-29(39)37(5-2)27(24)34-28/h4,6-9,18,20-21,25H,1,5,10-17,19H2,2-3H3,(H,32,39)(H,31,33,34)/t20-,21?,25-,30?/m0/s1. The Labute approximate surface area is 230 Å². The Morgan fingerprint density at radius 1 is 1.18 bits per heavy atom. The number of fused-ring (bicyclic) bond motifs is 1. The van der Waals surface area contributed by atoms with Gasteiger partial charge in [0, 0.05) is 57.1 Å². The molecule has 7 rings (SSSR count). The fourth-order valence-electron chi connectivity index (χ4n) is 6.92. The molecule has 39 heavy (non-hydrogen) atoms. The minimum Gasteiger partial charge on any atom is -0.348 e. The van der Waals surface area contributed by atoms with E-state index in [0.717, 1.165) is 43.2 Å². The lowest BCUT2D eigenvalue weighted by Crippen LogP contribution is -2.55. The SMILES string of the molecule is C=CC(=O)N1CCN([C@@H](CC23CC(C2)C3)c2ccc([C@H](C)Nc3ncc4c(n3)N(CC)C(=O)NC4)cc2)CC1. The van der Waals surface area contributed by atoms with Gasteiger partial charge in [-0.15, -0.1) is 0 Å². The third kappa shape index (κ3) is 4.88. The summed E-state index contributed by atoms with van der Waals surface area (Å²) in [6, 6.07) is 9.24. The zero-order valence-electron chi connectivity index (χ0n) is 23.0. The van der Waals surface area contributed by atoms with E-state index in [2.05, 4.69) is 63.3 Å². The van der Waals surface area contributed by atoms with E-state index in [4.69, 9.17) is 0 Å². The molecule has 3 saturated carbocycles. The van der Waals surface area contributed by atoms with Crippen LogP contribution in [-0.2, 0) is 11.3 Å². The molecule has 2 N–H and O–H groups in total.